The van der Waals surface area contributed by atoms with E-state index in [1.807, 2.05) is 6.26 Å². The highest BCUT2D eigenvalue weighted by Gasteiger charge is 2.12. The van der Waals surface area contributed by atoms with Gasteiger partial charge in [0.05, 0.1) is 22.2 Å². The van der Waals surface area contributed by atoms with Crippen molar-refractivity contribution in [2.45, 2.75) is 9.92 Å². The predicted molar refractivity (Wildman–Crippen MR) is 79.8 cm³/mol. The second-order valence-electron chi connectivity index (χ2n) is 4.22. The minimum absolute atomic E-state index is 0.0575. The molecule has 0 saturated heterocycles. The lowest BCUT2D eigenvalue weighted by Gasteiger charge is -2.04. The molecule has 0 spiro atoms. The molecule has 2 N–H and O–H groups in total. The maximum absolute atomic E-state index is 11.3. The third kappa shape index (κ3) is 2.50. The van der Waals surface area contributed by atoms with Gasteiger partial charge in [0.2, 0.25) is 10.0 Å². The molecule has 0 radical (unpaired) electrons. The van der Waals surface area contributed by atoms with Gasteiger partial charge < -0.3 is 0 Å². The maximum Gasteiger partial charge on any atom is 0.238 e. The van der Waals surface area contributed by atoms with Gasteiger partial charge in [-0.25, -0.2) is 28.2 Å². The molecule has 7 nitrogen and oxygen atoms in total. The molecule has 2 heterocycles. The second kappa shape index (κ2) is 5.10. The zero-order valence-corrected chi connectivity index (χ0v) is 12.6. The maximum atomic E-state index is 11.3. The Kier molecular flexibility index (Phi) is 3.40. The van der Waals surface area contributed by atoms with Crippen LogP contribution in [-0.2, 0) is 10.0 Å². The number of aromatic nitrogens is 4. The van der Waals surface area contributed by atoms with Crippen molar-refractivity contribution in [1.29, 1.82) is 0 Å². The summed E-state index contributed by atoms with van der Waals surface area (Å²) in [5.74, 6) is 0. The molecule has 2 aromatic heterocycles. The summed E-state index contributed by atoms with van der Waals surface area (Å²) in [6, 6.07) is 6.14. The first-order valence-electron chi connectivity index (χ1n) is 5.86. The molecule has 1 aromatic carbocycles. The fourth-order valence-corrected chi connectivity index (χ4v) is 2.98. The van der Waals surface area contributed by atoms with E-state index in [0.29, 0.717) is 11.3 Å². The smallest absolute Gasteiger partial charge is 0.229 e. The summed E-state index contributed by atoms with van der Waals surface area (Å²) >= 11 is 1.51. The first kappa shape index (κ1) is 14.0. The van der Waals surface area contributed by atoms with Crippen molar-refractivity contribution in [3.05, 3.63) is 36.8 Å². The highest BCUT2D eigenvalue weighted by Crippen LogP contribution is 2.24. The van der Waals surface area contributed by atoms with Gasteiger partial charge in [-0.05, 0) is 30.5 Å². The molecule has 0 saturated carbocycles. The summed E-state index contributed by atoms with van der Waals surface area (Å²) in [5, 5.41) is 11.1. The summed E-state index contributed by atoms with van der Waals surface area (Å²) < 4.78 is 24.1. The quantitative estimate of drug-likeness (QED) is 0.574. The Labute approximate surface area is 125 Å². The van der Waals surface area contributed by atoms with Crippen molar-refractivity contribution in [1.82, 2.24) is 19.7 Å². The fourth-order valence-electron chi connectivity index (χ4n) is 1.95. The molecule has 0 aliphatic rings. The highest BCUT2D eigenvalue weighted by molar-refractivity contribution is 7.98. The van der Waals surface area contributed by atoms with Crippen molar-refractivity contribution in [3.63, 3.8) is 0 Å². The molecule has 0 aliphatic heterocycles. The van der Waals surface area contributed by atoms with Gasteiger partial charge in [0.15, 0.2) is 5.65 Å². The number of benzene rings is 1. The van der Waals surface area contributed by atoms with Crippen molar-refractivity contribution >= 4 is 32.8 Å². The van der Waals surface area contributed by atoms with Crippen LogP contribution in [0.2, 0.25) is 0 Å². The lowest BCUT2D eigenvalue weighted by atomic mass is 10.3. The number of primary sulfonamides is 1. The third-order valence-corrected chi connectivity index (χ3v) is 4.57. The van der Waals surface area contributed by atoms with Crippen LogP contribution >= 0.6 is 11.8 Å². The van der Waals surface area contributed by atoms with Gasteiger partial charge in [-0.15, -0.1) is 11.8 Å². The largest absolute Gasteiger partial charge is 0.238 e. The van der Waals surface area contributed by atoms with E-state index in [9.17, 15) is 8.42 Å². The number of hydrogen-bond donors (Lipinski definition) is 1. The standard InChI is InChI=1S/C12H11N5O2S2/c1-20-12-10-6-16-17(11(10)14-7-15-12)8-2-4-9(5-3-8)21(13,18)19/h2-7H,1H3,(H2,13,18,19). The number of thioether (sulfide) groups is 1. The van der Waals surface area contributed by atoms with E-state index in [1.54, 1.807) is 23.0 Å². The zero-order chi connectivity index (χ0) is 15.0. The highest BCUT2D eigenvalue weighted by atomic mass is 32.2. The molecule has 0 bridgehead atoms. The van der Waals surface area contributed by atoms with Gasteiger partial charge in [-0.3, -0.25) is 0 Å². The Morgan fingerprint density at radius 1 is 1.19 bits per heavy atom. The van der Waals surface area contributed by atoms with Crippen LogP contribution in [0.25, 0.3) is 16.7 Å². The van der Waals surface area contributed by atoms with Crippen LogP contribution in [0.15, 0.2) is 46.7 Å². The molecular formula is C12H11N5O2S2. The predicted octanol–water partition coefficient (Wildman–Crippen LogP) is 1.18. The first-order chi connectivity index (χ1) is 10.0. The van der Waals surface area contributed by atoms with Gasteiger partial charge in [0.1, 0.15) is 11.4 Å². The van der Waals surface area contributed by atoms with Crippen LogP contribution in [0, 0.1) is 0 Å². The summed E-state index contributed by atoms with van der Waals surface area (Å²) in [5.41, 5.74) is 1.36. The monoisotopic (exact) mass is 321 g/mol. The number of hydrogen-bond acceptors (Lipinski definition) is 6. The van der Waals surface area contributed by atoms with E-state index in [2.05, 4.69) is 15.1 Å². The number of rotatable bonds is 3. The van der Waals surface area contributed by atoms with E-state index in [-0.39, 0.29) is 4.90 Å². The van der Waals surface area contributed by atoms with Gasteiger partial charge in [-0.1, -0.05) is 0 Å². The third-order valence-electron chi connectivity index (χ3n) is 2.93. The molecule has 108 valence electrons. The molecule has 0 amide bonds. The number of sulfonamides is 1. The van der Waals surface area contributed by atoms with Gasteiger partial charge >= 0.3 is 0 Å². The van der Waals surface area contributed by atoms with Crippen LogP contribution < -0.4 is 5.14 Å². The minimum atomic E-state index is -3.70. The molecule has 0 aliphatic carbocycles. The topological polar surface area (TPSA) is 104 Å². The van der Waals surface area contributed by atoms with Gasteiger partial charge in [-0.2, -0.15) is 5.10 Å². The summed E-state index contributed by atoms with van der Waals surface area (Å²) in [6.07, 6.45) is 5.10. The molecule has 3 rings (SSSR count). The fraction of sp³-hybridized carbons (Fsp3) is 0.0833. The average molecular weight is 321 g/mol. The van der Waals surface area contributed by atoms with Crippen molar-refractivity contribution in [3.8, 4) is 5.69 Å². The Bertz CT molecular complexity index is 903. The lowest BCUT2D eigenvalue weighted by molar-refractivity contribution is 0.598. The Morgan fingerprint density at radius 2 is 1.90 bits per heavy atom. The van der Waals surface area contributed by atoms with Crippen LogP contribution in [0.4, 0.5) is 0 Å². The van der Waals surface area contributed by atoms with Crippen molar-refractivity contribution < 1.29 is 8.42 Å². The minimum Gasteiger partial charge on any atom is -0.229 e. The van der Waals surface area contributed by atoms with Crippen molar-refractivity contribution in [2.75, 3.05) is 6.26 Å². The molecule has 0 fully saturated rings. The van der Waals surface area contributed by atoms with E-state index in [0.717, 1.165) is 10.4 Å². The molecular weight excluding hydrogens is 310 g/mol. The molecule has 21 heavy (non-hydrogen) atoms. The SMILES string of the molecule is CSc1ncnc2c1cnn2-c1ccc(S(N)(=O)=O)cc1. The number of nitrogens with zero attached hydrogens (tertiary/aromatic N) is 4. The van der Waals surface area contributed by atoms with E-state index < -0.39 is 10.0 Å². The zero-order valence-electron chi connectivity index (χ0n) is 11.0. The second-order valence-corrected chi connectivity index (χ2v) is 6.57. The lowest BCUT2D eigenvalue weighted by Crippen LogP contribution is -2.12. The Hall–Kier alpha value is -1.97. The van der Waals surface area contributed by atoms with Crippen LogP contribution in [-0.4, -0.2) is 34.4 Å². The molecule has 3 aromatic rings. The van der Waals surface area contributed by atoms with E-state index >= 15 is 0 Å². The normalized spacial score (nSPS) is 11.9. The van der Waals surface area contributed by atoms with Crippen LogP contribution in [0.1, 0.15) is 0 Å². The van der Waals surface area contributed by atoms with Gasteiger partial charge in [0.25, 0.3) is 0 Å². The summed E-state index contributed by atoms with van der Waals surface area (Å²) in [6.45, 7) is 0. The number of nitrogens with two attached hydrogens (primary N) is 1. The average Bonchev–Trinajstić information content (AvgIpc) is 2.90. The van der Waals surface area contributed by atoms with E-state index in [4.69, 9.17) is 5.14 Å². The molecule has 9 heteroatoms. The van der Waals surface area contributed by atoms with Crippen LogP contribution in [0.5, 0.6) is 0 Å². The molecule has 0 atom stereocenters. The van der Waals surface area contributed by atoms with Crippen molar-refractivity contribution in [2.24, 2.45) is 5.14 Å². The Morgan fingerprint density at radius 3 is 2.52 bits per heavy atom. The molecule has 0 unspecified atom stereocenters. The first-order valence-corrected chi connectivity index (χ1v) is 8.64. The van der Waals surface area contributed by atoms with E-state index in [1.165, 1.54) is 30.2 Å². The number of fused-ring (bicyclic) bond motifs is 1. The van der Waals surface area contributed by atoms with Gasteiger partial charge in [0, 0.05) is 0 Å². The summed E-state index contributed by atoms with van der Waals surface area (Å²) in [7, 11) is -3.70. The Balaban J connectivity index is 2.13. The summed E-state index contributed by atoms with van der Waals surface area (Å²) in [4.78, 5) is 8.47. The van der Waals surface area contributed by atoms with Crippen LogP contribution in [0.3, 0.4) is 0 Å².